The van der Waals surface area contributed by atoms with Gasteiger partial charge in [0.25, 0.3) is 0 Å². The Balaban J connectivity index is 2.37. The minimum absolute atomic E-state index is 0.0633. The van der Waals surface area contributed by atoms with Gasteiger partial charge in [0, 0.05) is 6.54 Å². The number of nitrogens with one attached hydrogen (secondary N) is 2. The fraction of sp³-hybridized carbons (Fsp3) is 0.188. The van der Waals surface area contributed by atoms with Gasteiger partial charge in [-0.05, 0) is 24.3 Å². The number of anilines is 3. The third kappa shape index (κ3) is 4.35. The number of para-hydroxylation sites is 2. The van der Waals surface area contributed by atoms with Crippen molar-refractivity contribution >= 4 is 34.6 Å². The number of aliphatic hydroxyl groups excluding tert-OH is 2. The van der Waals surface area contributed by atoms with E-state index in [4.69, 9.17) is 16.7 Å². The molecule has 0 aliphatic carbocycles. The highest BCUT2D eigenvalue weighted by atomic mass is 35.5. The summed E-state index contributed by atoms with van der Waals surface area (Å²) in [6.07, 6.45) is -0.948. The van der Waals surface area contributed by atoms with Gasteiger partial charge in [-0.15, -0.1) is 0 Å². The van der Waals surface area contributed by atoms with E-state index >= 15 is 0 Å². The number of carboxylic acid groups (broad SMARTS) is 1. The monoisotopic (exact) mass is 336 g/mol. The summed E-state index contributed by atoms with van der Waals surface area (Å²) in [5, 5.41) is 34.1. The first-order valence-electron chi connectivity index (χ1n) is 6.93. The molecule has 23 heavy (non-hydrogen) atoms. The van der Waals surface area contributed by atoms with Crippen LogP contribution >= 0.6 is 11.6 Å². The van der Waals surface area contributed by atoms with Gasteiger partial charge in [-0.25, -0.2) is 4.79 Å². The van der Waals surface area contributed by atoms with Gasteiger partial charge < -0.3 is 26.0 Å². The molecule has 0 heterocycles. The van der Waals surface area contributed by atoms with E-state index in [-0.39, 0.29) is 18.7 Å². The molecule has 0 bridgehead atoms. The molecule has 6 nitrogen and oxygen atoms in total. The fourth-order valence-electron chi connectivity index (χ4n) is 2.00. The Bertz CT molecular complexity index is 694. The van der Waals surface area contributed by atoms with Crippen molar-refractivity contribution in [2.24, 2.45) is 0 Å². The molecule has 0 amide bonds. The largest absolute Gasteiger partial charge is 0.478 e. The van der Waals surface area contributed by atoms with Gasteiger partial charge in [0.2, 0.25) is 0 Å². The molecule has 0 aromatic heterocycles. The zero-order valence-corrected chi connectivity index (χ0v) is 12.9. The van der Waals surface area contributed by atoms with Gasteiger partial charge >= 0.3 is 5.97 Å². The molecule has 0 fully saturated rings. The smallest absolute Gasteiger partial charge is 0.337 e. The summed E-state index contributed by atoms with van der Waals surface area (Å²) in [7, 11) is 0. The van der Waals surface area contributed by atoms with E-state index in [0.29, 0.717) is 22.1 Å². The Labute approximate surface area is 138 Å². The van der Waals surface area contributed by atoms with Gasteiger partial charge in [-0.3, -0.25) is 0 Å². The van der Waals surface area contributed by atoms with Crippen LogP contribution in [0.4, 0.5) is 17.1 Å². The fourth-order valence-corrected chi connectivity index (χ4v) is 2.19. The van der Waals surface area contributed by atoms with Gasteiger partial charge in [0.15, 0.2) is 0 Å². The quantitative estimate of drug-likeness (QED) is 0.532. The van der Waals surface area contributed by atoms with Crippen LogP contribution in [0.15, 0.2) is 42.5 Å². The summed E-state index contributed by atoms with van der Waals surface area (Å²) in [6.45, 7) is -0.310. The van der Waals surface area contributed by atoms with Crippen LogP contribution in [0.2, 0.25) is 5.02 Å². The summed E-state index contributed by atoms with van der Waals surface area (Å²) >= 11 is 6.10. The molecule has 7 heteroatoms. The second-order valence-corrected chi connectivity index (χ2v) is 5.26. The van der Waals surface area contributed by atoms with Crippen molar-refractivity contribution in [1.29, 1.82) is 0 Å². The second kappa shape index (κ2) is 7.82. The predicted molar refractivity (Wildman–Crippen MR) is 89.7 cm³/mol. The van der Waals surface area contributed by atoms with Gasteiger partial charge in [0.1, 0.15) is 0 Å². The SMILES string of the molecule is O=C(O)c1cccc(NCC(O)CO)c1Nc1ccccc1Cl. The molecule has 0 radical (unpaired) electrons. The zero-order valence-electron chi connectivity index (χ0n) is 12.2. The molecule has 0 saturated carbocycles. The Morgan fingerprint density at radius 2 is 1.83 bits per heavy atom. The molecule has 5 N–H and O–H groups in total. The maximum Gasteiger partial charge on any atom is 0.337 e. The molecule has 0 spiro atoms. The first-order chi connectivity index (χ1) is 11.0. The Hall–Kier alpha value is -2.28. The van der Waals surface area contributed by atoms with Crippen molar-refractivity contribution in [1.82, 2.24) is 0 Å². The van der Waals surface area contributed by atoms with E-state index < -0.39 is 12.1 Å². The maximum absolute atomic E-state index is 11.5. The first-order valence-corrected chi connectivity index (χ1v) is 7.31. The van der Waals surface area contributed by atoms with Gasteiger partial charge in [0.05, 0.1) is 40.4 Å². The minimum Gasteiger partial charge on any atom is -0.478 e. The van der Waals surface area contributed by atoms with Crippen LogP contribution in [0.25, 0.3) is 0 Å². The van der Waals surface area contributed by atoms with Crippen LogP contribution in [0.1, 0.15) is 10.4 Å². The number of halogens is 1. The van der Waals surface area contributed by atoms with Crippen LogP contribution in [0, 0.1) is 0 Å². The van der Waals surface area contributed by atoms with E-state index in [2.05, 4.69) is 10.6 Å². The summed E-state index contributed by atoms with van der Waals surface area (Å²) in [5.41, 5.74) is 1.44. The highest BCUT2D eigenvalue weighted by Crippen LogP contribution is 2.32. The summed E-state index contributed by atoms with van der Waals surface area (Å²) < 4.78 is 0. The van der Waals surface area contributed by atoms with Crippen molar-refractivity contribution in [3.8, 4) is 0 Å². The molecule has 1 unspecified atom stereocenters. The van der Waals surface area contributed by atoms with Crippen LogP contribution in [0.3, 0.4) is 0 Å². The number of hydrogen-bond acceptors (Lipinski definition) is 5. The summed E-state index contributed by atoms with van der Waals surface area (Å²) in [6, 6.07) is 11.7. The number of benzene rings is 2. The lowest BCUT2D eigenvalue weighted by Gasteiger charge is -2.18. The van der Waals surface area contributed by atoms with E-state index in [9.17, 15) is 15.0 Å². The predicted octanol–water partition coefficient (Wildman–Crippen LogP) is 2.55. The normalized spacial score (nSPS) is 11.8. The molecule has 2 rings (SSSR count). The van der Waals surface area contributed by atoms with Crippen LogP contribution in [0.5, 0.6) is 0 Å². The third-order valence-electron chi connectivity index (χ3n) is 3.17. The van der Waals surface area contributed by atoms with E-state index in [1.165, 1.54) is 6.07 Å². The Morgan fingerprint density at radius 3 is 2.48 bits per heavy atom. The van der Waals surface area contributed by atoms with Crippen LogP contribution in [-0.4, -0.2) is 40.5 Å². The summed E-state index contributed by atoms with van der Waals surface area (Å²) in [5.74, 6) is -1.09. The zero-order chi connectivity index (χ0) is 16.8. The Kier molecular flexibility index (Phi) is 5.81. The van der Waals surface area contributed by atoms with Crippen LogP contribution in [-0.2, 0) is 0 Å². The van der Waals surface area contributed by atoms with Gasteiger partial charge in [-0.2, -0.15) is 0 Å². The van der Waals surface area contributed by atoms with Crippen molar-refractivity contribution in [3.05, 3.63) is 53.1 Å². The number of rotatable bonds is 7. The average molecular weight is 337 g/mol. The molecule has 122 valence electrons. The molecule has 0 saturated heterocycles. The molecule has 2 aromatic carbocycles. The number of hydrogen-bond donors (Lipinski definition) is 5. The summed E-state index contributed by atoms with van der Waals surface area (Å²) in [4.78, 5) is 11.5. The topological polar surface area (TPSA) is 102 Å². The molecule has 0 aliphatic rings. The second-order valence-electron chi connectivity index (χ2n) is 4.86. The number of carbonyl (C=O) groups is 1. The highest BCUT2D eigenvalue weighted by Gasteiger charge is 2.16. The van der Waals surface area contributed by atoms with Crippen LogP contribution < -0.4 is 10.6 Å². The molecule has 0 aliphatic heterocycles. The third-order valence-corrected chi connectivity index (χ3v) is 3.50. The van der Waals surface area contributed by atoms with E-state index in [1.54, 1.807) is 36.4 Å². The van der Waals surface area contributed by atoms with E-state index in [1.807, 2.05) is 0 Å². The van der Waals surface area contributed by atoms with E-state index in [0.717, 1.165) is 0 Å². The van der Waals surface area contributed by atoms with Crippen molar-refractivity contribution in [2.75, 3.05) is 23.8 Å². The lowest BCUT2D eigenvalue weighted by molar-refractivity contribution is 0.0698. The standard InChI is InChI=1S/C16H17ClN2O4/c17-12-5-1-2-6-13(12)19-15-11(16(22)23)4-3-7-14(15)18-8-10(21)9-20/h1-7,10,18-21H,8-9H2,(H,22,23). The average Bonchev–Trinajstić information content (AvgIpc) is 2.55. The number of carboxylic acids is 1. The van der Waals surface area contributed by atoms with Gasteiger partial charge in [-0.1, -0.05) is 29.8 Å². The number of aromatic carboxylic acids is 1. The van der Waals surface area contributed by atoms with Crippen molar-refractivity contribution < 1.29 is 20.1 Å². The lowest BCUT2D eigenvalue weighted by atomic mass is 10.1. The minimum atomic E-state index is -1.09. The highest BCUT2D eigenvalue weighted by molar-refractivity contribution is 6.33. The molecular formula is C16H17ClN2O4. The number of aliphatic hydroxyl groups is 2. The first kappa shape index (κ1) is 17.1. The van der Waals surface area contributed by atoms with Crippen molar-refractivity contribution in [3.63, 3.8) is 0 Å². The molecule has 2 aromatic rings. The maximum atomic E-state index is 11.5. The molecular weight excluding hydrogens is 320 g/mol. The Morgan fingerprint density at radius 1 is 1.13 bits per heavy atom. The lowest BCUT2D eigenvalue weighted by Crippen LogP contribution is -2.23. The van der Waals surface area contributed by atoms with Crippen molar-refractivity contribution in [2.45, 2.75) is 6.10 Å². The molecule has 1 atom stereocenters.